The van der Waals surface area contributed by atoms with Crippen LogP contribution in [0.4, 0.5) is 0 Å². The minimum absolute atomic E-state index is 0.0157. The van der Waals surface area contributed by atoms with E-state index in [0.29, 0.717) is 12.5 Å². The quantitative estimate of drug-likeness (QED) is 0.888. The van der Waals surface area contributed by atoms with Crippen LogP contribution in [0.5, 0.6) is 0 Å². The van der Waals surface area contributed by atoms with Crippen LogP contribution >= 0.6 is 11.3 Å². The molecule has 0 spiro atoms. The molecule has 2 aliphatic heterocycles. The molecule has 4 rings (SSSR count). The Bertz CT molecular complexity index is 714. The molecule has 0 aromatic carbocycles. The van der Waals surface area contributed by atoms with Gasteiger partial charge in [-0.2, -0.15) is 16.4 Å². The Kier molecular flexibility index (Phi) is 4.15. The monoisotopic (exact) mass is 346 g/mol. The van der Waals surface area contributed by atoms with Crippen molar-refractivity contribution in [3.63, 3.8) is 0 Å². The number of carbonyl (C=O) groups is 1. The van der Waals surface area contributed by atoms with Gasteiger partial charge in [-0.15, -0.1) is 0 Å². The highest BCUT2D eigenvalue weighted by Crippen LogP contribution is 2.41. The molecule has 2 atom stereocenters. The predicted molar refractivity (Wildman–Crippen MR) is 91.9 cm³/mol. The highest BCUT2D eigenvalue weighted by Gasteiger charge is 2.50. The number of thiophene rings is 1. The summed E-state index contributed by atoms with van der Waals surface area (Å²) in [5.74, 6) is 0.499. The van der Waals surface area contributed by atoms with Crippen molar-refractivity contribution in [3.05, 3.63) is 40.3 Å². The first-order chi connectivity index (χ1) is 11.6. The number of rotatable bonds is 5. The smallest absolute Gasteiger partial charge is 0.252 e. The van der Waals surface area contributed by atoms with Gasteiger partial charge in [0.1, 0.15) is 0 Å². The van der Waals surface area contributed by atoms with Crippen molar-refractivity contribution in [2.24, 2.45) is 18.4 Å². The average Bonchev–Trinajstić information content (AvgIpc) is 3.29. The van der Waals surface area contributed by atoms with E-state index in [9.17, 15) is 4.79 Å². The Balaban J connectivity index is 1.40. The third-order valence-corrected chi connectivity index (χ3v) is 5.82. The van der Waals surface area contributed by atoms with Crippen LogP contribution in [0.1, 0.15) is 15.9 Å². The number of likely N-dealkylation sites (tertiary alicyclic amines) is 1. The van der Waals surface area contributed by atoms with Crippen molar-refractivity contribution in [2.45, 2.75) is 6.54 Å². The Morgan fingerprint density at radius 2 is 2.50 bits per heavy atom. The SMILES string of the molecule is Cn1cc(CN2C[C@@H]3COC[C@]3(CNC(=O)c3ccsc3)C2)cn1. The molecule has 0 saturated carbocycles. The summed E-state index contributed by atoms with van der Waals surface area (Å²) < 4.78 is 7.59. The van der Waals surface area contributed by atoms with Crippen LogP contribution in [0.2, 0.25) is 0 Å². The second kappa shape index (κ2) is 6.31. The van der Waals surface area contributed by atoms with E-state index in [1.165, 1.54) is 5.56 Å². The van der Waals surface area contributed by atoms with Crippen LogP contribution in [0, 0.1) is 11.3 Å². The van der Waals surface area contributed by atoms with Crippen molar-refractivity contribution in [1.82, 2.24) is 20.0 Å². The molecule has 1 N–H and O–H groups in total. The molecule has 2 fully saturated rings. The van der Waals surface area contributed by atoms with E-state index < -0.39 is 0 Å². The number of nitrogens with one attached hydrogen (secondary N) is 1. The fourth-order valence-electron chi connectivity index (χ4n) is 3.88. The molecular weight excluding hydrogens is 324 g/mol. The molecule has 128 valence electrons. The number of amides is 1. The van der Waals surface area contributed by atoms with E-state index in [4.69, 9.17) is 4.74 Å². The summed E-state index contributed by atoms with van der Waals surface area (Å²) in [4.78, 5) is 14.7. The number of aryl methyl sites for hydroxylation is 1. The van der Waals surface area contributed by atoms with Gasteiger partial charge < -0.3 is 10.1 Å². The maximum atomic E-state index is 12.3. The van der Waals surface area contributed by atoms with Crippen LogP contribution in [-0.4, -0.2) is 53.4 Å². The molecule has 2 aromatic rings. The van der Waals surface area contributed by atoms with Gasteiger partial charge in [0.25, 0.3) is 5.91 Å². The maximum absolute atomic E-state index is 12.3. The summed E-state index contributed by atoms with van der Waals surface area (Å²) in [7, 11) is 1.94. The average molecular weight is 346 g/mol. The fourth-order valence-corrected chi connectivity index (χ4v) is 4.51. The van der Waals surface area contributed by atoms with Gasteiger partial charge in [0.15, 0.2) is 0 Å². The standard InChI is InChI=1S/C17H22N4O2S/c1-20-5-13(4-19-20)6-21-7-15-8-23-12-17(15,11-21)10-18-16(22)14-2-3-24-9-14/h2-5,9,15H,6-8,10-12H2,1H3,(H,18,22)/t15-,17+/m1/s1. The van der Waals surface area contributed by atoms with Gasteiger partial charge in [0.05, 0.1) is 19.4 Å². The van der Waals surface area contributed by atoms with Crippen LogP contribution in [-0.2, 0) is 18.3 Å². The second-order valence-electron chi connectivity index (χ2n) is 6.96. The zero-order valence-corrected chi connectivity index (χ0v) is 14.6. The predicted octanol–water partition coefficient (Wildman–Crippen LogP) is 1.36. The van der Waals surface area contributed by atoms with E-state index in [2.05, 4.69) is 21.5 Å². The molecule has 0 aliphatic carbocycles. The normalized spacial score (nSPS) is 26.6. The summed E-state index contributed by atoms with van der Waals surface area (Å²) in [6.07, 6.45) is 3.99. The minimum atomic E-state index is 0.0157. The molecule has 24 heavy (non-hydrogen) atoms. The second-order valence-corrected chi connectivity index (χ2v) is 7.74. The number of nitrogens with zero attached hydrogens (tertiary/aromatic N) is 3. The number of ether oxygens (including phenoxy) is 1. The van der Waals surface area contributed by atoms with Crippen molar-refractivity contribution in [2.75, 3.05) is 32.8 Å². The lowest BCUT2D eigenvalue weighted by molar-refractivity contribution is 0.0904. The third kappa shape index (κ3) is 2.99. The van der Waals surface area contributed by atoms with Gasteiger partial charge in [-0.25, -0.2) is 0 Å². The lowest BCUT2D eigenvalue weighted by atomic mass is 9.81. The highest BCUT2D eigenvalue weighted by molar-refractivity contribution is 7.08. The van der Waals surface area contributed by atoms with E-state index in [0.717, 1.165) is 38.4 Å². The molecule has 4 heterocycles. The van der Waals surface area contributed by atoms with Gasteiger partial charge in [0.2, 0.25) is 0 Å². The van der Waals surface area contributed by atoms with Gasteiger partial charge in [0, 0.05) is 67.3 Å². The largest absolute Gasteiger partial charge is 0.380 e. The van der Waals surface area contributed by atoms with Crippen molar-refractivity contribution in [1.29, 1.82) is 0 Å². The molecule has 7 heteroatoms. The van der Waals surface area contributed by atoms with Crippen LogP contribution in [0.15, 0.2) is 29.2 Å². The molecule has 2 aromatic heterocycles. The summed E-state index contributed by atoms with van der Waals surface area (Å²) in [6.45, 7) is 5.07. The van der Waals surface area contributed by atoms with Gasteiger partial charge in [-0.3, -0.25) is 14.4 Å². The van der Waals surface area contributed by atoms with Crippen molar-refractivity contribution >= 4 is 17.2 Å². The van der Waals surface area contributed by atoms with Gasteiger partial charge in [-0.05, 0) is 11.4 Å². The molecule has 2 saturated heterocycles. The molecular formula is C17H22N4O2S. The molecule has 0 radical (unpaired) electrons. The Hall–Kier alpha value is -1.70. The van der Waals surface area contributed by atoms with E-state index in [1.54, 1.807) is 11.3 Å². The highest BCUT2D eigenvalue weighted by atomic mass is 32.1. The number of hydrogen-bond donors (Lipinski definition) is 1. The van der Waals surface area contributed by atoms with E-state index in [1.807, 2.05) is 34.8 Å². The fraction of sp³-hybridized carbons (Fsp3) is 0.529. The van der Waals surface area contributed by atoms with Crippen LogP contribution < -0.4 is 5.32 Å². The lowest BCUT2D eigenvalue weighted by Crippen LogP contribution is -2.43. The maximum Gasteiger partial charge on any atom is 0.252 e. The Labute approximate surface area is 145 Å². The molecule has 2 aliphatic rings. The van der Waals surface area contributed by atoms with Crippen molar-refractivity contribution < 1.29 is 9.53 Å². The topological polar surface area (TPSA) is 59.4 Å². The van der Waals surface area contributed by atoms with Gasteiger partial charge in [-0.1, -0.05) is 0 Å². The number of fused-ring (bicyclic) bond motifs is 1. The van der Waals surface area contributed by atoms with Crippen molar-refractivity contribution in [3.8, 4) is 0 Å². The third-order valence-electron chi connectivity index (χ3n) is 5.14. The van der Waals surface area contributed by atoms with Gasteiger partial charge >= 0.3 is 0 Å². The first-order valence-electron chi connectivity index (χ1n) is 8.23. The number of hydrogen-bond acceptors (Lipinski definition) is 5. The van der Waals surface area contributed by atoms with Crippen LogP contribution in [0.25, 0.3) is 0 Å². The first-order valence-corrected chi connectivity index (χ1v) is 9.17. The van der Waals surface area contributed by atoms with E-state index >= 15 is 0 Å². The minimum Gasteiger partial charge on any atom is -0.380 e. The molecule has 0 unspecified atom stereocenters. The zero-order valence-electron chi connectivity index (χ0n) is 13.8. The number of carbonyl (C=O) groups excluding carboxylic acids is 1. The first kappa shape index (κ1) is 15.8. The Morgan fingerprint density at radius 1 is 1.58 bits per heavy atom. The summed E-state index contributed by atoms with van der Waals surface area (Å²) >= 11 is 1.55. The lowest BCUT2D eigenvalue weighted by Gasteiger charge is -2.27. The zero-order chi connectivity index (χ0) is 16.6. The molecule has 0 bridgehead atoms. The molecule has 6 nitrogen and oxygen atoms in total. The summed E-state index contributed by atoms with van der Waals surface area (Å²) in [6, 6.07) is 1.86. The summed E-state index contributed by atoms with van der Waals surface area (Å²) in [5.41, 5.74) is 2.02. The number of aromatic nitrogens is 2. The van der Waals surface area contributed by atoms with Crippen LogP contribution in [0.3, 0.4) is 0 Å². The Morgan fingerprint density at radius 3 is 3.25 bits per heavy atom. The molecule has 1 amide bonds. The van der Waals surface area contributed by atoms with E-state index in [-0.39, 0.29) is 11.3 Å². The summed E-state index contributed by atoms with van der Waals surface area (Å²) in [5, 5.41) is 11.2.